The molecule has 0 aliphatic rings. The van der Waals surface area contributed by atoms with E-state index in [0.29, 0.717) is 0 Å². The molecule has 46 valence electrons. The van der Waals surface area contributed by atoms with E-state index in [0.717, 1.165) is 4.96 Å². The first kappa shape index (κ1) is 4.87. The van der Waals surface area contributed by atoms with Crippen LogP contribution >= 0.6 is 11.3 Å². The summed E-state index contributed by atoms with van der Waals surface area (Å²) in [6.45, 7) is 2.01. The molecule has 2 rings (SSSR count). The first-order valence-corrected chi connectivity index (χ1v) is 3.32. The predicted molar refractivity (Wildman–Crippen MR) is 33.4 cm³/mol. The van der Waals surface area contributed by atoms with Gasteiger partial charge in [-0.25, -0.2) is 0 Å². The normalized spacial score (nSPS) is 10.8. The van der Waals surface area contributed by atoms with Gasteiger partial charge in [-0.15, -0.1) is 0 Å². The topological polar surface area (TPSA) is 43.1 Å². The zero-order chi connectivity index (χ0) is 6.27. The molecule has 0 atom stereocenters. The smallest absolute Gasteiger partial charge is 0.191 e. The van der Waals surface area contributed by atoms with E-state index in [2.05, 4.69) is 15.5 Å². The lowest BCUT2D eigenvalue weighted by Crippen LogP contribution is -1.78. The van der Waals surface area contributed by atoms with Crippen molar-refractivity contribution in [3.05, 3.63) is 11.1 Å². The maximum atomic E-state index is 3.76. The number of fused-ring (bicyclic) bond motifs is 1. The molecule has 0 amide bonds. The second kappa shape index (κ2) is 1.51. The van der Waals surface area contributed by atoms with Crippen LogP contribution in [0.15, 0.2) is 6.20 Å². The lowest BCUT2D eigenvalue weighted by molar-refractivity contribution is 0.824. The van der Waals surface area contributed by atoms with Crippen molar-refractivity contribution >= 4 is 16.3 Å². The lowest BCUT2D eigenvalue weighted by Gasteiger charge is -1.69. The minimum atomic E-state index is 0.854. The summed E-state index contributed by atoms with van der Waals surface area (Å²) in [7, 11) is 0. The van der Waals surface area contributed by atoms with Crippen LogP contribution in [0.5, 0.6) is 0 Å². The Morgan fingerprint density at radius 3 is 3.33 bits per heavy atom. The maximum Gasteiger partial charge on any atom is 0.234 e. The average Bonchev–Trinajstić information content (AvgIpc) is 2.22. The van der Waals surface area contributed by atoms with Crippen LogP contribution in [-0.4, -0.2) is 20.0 Å². The fourth-order valence-electron chi connectivity index (χ4n) is 0.676. The molecular formula is C4H4N4S. The van der Waals surface area contributed by atoms with Gasteiger partial charge in [0.1, 0.15) is 0 Å². The fraction of sp³-hybridized carbons (Fsp3) is 0.250. The number of hydrogen-bond acceptors (Lipinski definition) is 4. The van der Waals surface area contributed by atoms with Crippen LogP contribution in [0.3, 0.4) is 0 Å². The van der Waals surface area contributed by atoms with E-state index < -0.39 is 0 Å². The molecule has 0 aliphatic heterocycles. The van der Waals surface area contributed by atoms with Gasteiger partial charge < -0.3 is 0 Å². The first-order chi connectivity index (χ1) is 4.36. The summed E-state index contributed by atoms with van der Waals surface area (Å²) >= 11 is 1.59. The maximum absolute atomic E-state index is 3.76. The average molecular weight is 140 g/mol. The zero-order valence-electron chi connectivity index (χ0n) is 4.77. The molecule has 9 heavy (non-hydrogen) atoms. The Kier molecular flexibility index (Phi) is 0.814. The predicted octanol–water partition coefficient (Wildman–Crippen LogP) is 0.494. The number of hydrogen-bond donors (Lipinski definition) is 0. The molecule has 0 aliphatic carbocycles. The molecule has 0 saturated heterocycles. The molecule has 2 aromatic heterocycles. The lowest BCUT2D eigenvalue weighted by atomic mass is 10.7. The van der Waals surface area contributed by atoms with Gasteiger partial charge in [-0.1, -0.05) is 16.4 Å². The highest BCUT2D eigenvalue weighted by atomic mass is 32.1. The molecule has 0 fully saturated rings. The van der Waals surface area contributed by atoms with Crippen LogP contribution in [0.2, 0.25) is 0 Å². The van der Waals surface area contributed by atoms with Crippen molar-refractivity contribution in [2.75, 3.05) is 0 Å². The largest absolute Gasteiger partial charge is 0.234 e. The van der Waals surface area contributed by atoms with E-state index in [-0.39, 0.29) is 0 Å². The number of tetrazole rings is 1. The zero-order valence-corrected chi connectivity index (χ0v) is 5.59. The summed E-state index contributed by atoms with van der Waals surface area (Å²) in [5.74, 6) is 0. The molecule has 0 radical (unpaired) electrons. The Hall–Kier alpha value is -0.970. The summed E-state index contributed by atoms with van der Waals surface area (Å²) < 4.78 is 1.67. The van der Waals surface area contributed by atoms with Gasteiger partial charge in [0.2, 0.25) is 4.96 Å². The van der Waals surface area contributed by atoms with Gasteiger partial charge in [0, 0.05) is 11.1 Å². The van der Waals surface area contributed by atoms with Crippen molar-refractivity contribution in [1.29, 1.82) is 0 Å². The van der Waals surface area contributed by atoms with Gasteiger partial charge in [-0.3, -0.25) is 0 Å². The summed E-state index contributed by atoms with van der Waals surface area (Å²) in [5.41, 5.74) is 0. The quantitative estimate of drug-likeness (QED) is 0.535. The highest BCUT2D eigenvalue weighted by Crippen LogP contribution is 2.11. The molecule has 0 unspecified atom stereocenters. The van der Waals surface area contributed by atoms with Crippen LogP contribution < -0.4 is 0 Å². The molecule has 4 nitrogen and oxygen atoms in total. The number of rotatable bonds is 0. The van der Waals surface area contributed by atoms with Gasteiger partial charge in [-0.05, 0) is 17.4 Å². The number of aromatic nitrogens is 4. The van der Waals surface area contributed by atoms with Crippen LogP contribution in [-0.2, 0) is 0 Å². The first-order valence-electron chi connectivity index (χ1n) is 2.50. The molecule has 0 saturated carbocycles. The van der Waals surface area contributed by atoms with Gasteiger partial charge >= 0.3 is 0 Å². The highest BCUT2D eigenvalue weighted by Gasteiger charge is 1.97. The van der Waals surface area contributed by atoms with Gasteiger partial charge in [-0.2, -0.15) is 4.52 Å². The van der Waals surface area contributed by atoms with E-state index >= 15 is 0 Å². The van der Waals surface area contributed by atoms with Crippen LogP contribution in [0.25, 0.3) is 4.96 Å². The molecular weight excluding hydrogens is 136 g/mol. The summed E-state index contributed by atoms with van der Waals surface area (Å²) in [6, 6.07) is 0. The third-order valence-corrected chi connectivity index (χ3v) is 1.90. The molecule has 0 bridgehead atoms. The number of aryl methyl sites for hydroxylation is 1. The van der Waals surface area contributed by atoms with Crippen LogP contribution in [0, 0.1) is 6.92 Å². The minimum absolute atomic E-state index is 0.854. The minimum Gasteiger partial charge on any atom is -0.191 e. The van der Waals surface area contributed by atoms with Crippen molar-refractivity contribution in [2.45, 2.75) is 6.92 Å². The van der Waals surface area contributed by atoms with Crippen molar-refractivity contribution in [3.8, 4) is 0 Å². The Morgan fingerprint density at radius 1 is 1.67 bits per heavy atom. The third-order valence-electron chi connectivity index (χ3n) is 1.02. The molecule has 5 heteroatoms. The molecule has 0 spiro atoms. The monoisotopic (exact) mass is 140 g/mol. The van der Waals surface area contributed by atoms with Crippen molar-refractivity contribution in [2.24, 2.45) is 0 Å². The van der Waals surface area contributed by atoms with E-state index in [1.807, 2.05) is 13.1 Å². The molecule has 0 N–H and O–H groups in total. The Bertz CT molecular complexity index is 293. The second-order valence-corrected chi connectivity index (χ2v) is 2.96. The van der Waals surface area contributed by atoms with E-state index in [4.69, 9.17) is 0 Å². The number of thiazole rings is 1. The third kappa shape index (κ3) is 0.613. The van der Waals surface area contributed by atoms with Crippen molar-refractivity contribution < 1.29 is 0 Å². The van der Waals surface area contributed by atoms with E-state index in [1.165, 1.54) is 4.88 Å². The van der Waals surface area contributed by atoms with E-state index in [9.17, 15) is 0 Å². The molecule has 2 aromatic rings. The summed E-state index contributed by atoms with van der Waals surface area (Å²) in [4.78, 5) is 2.06. The van der Waals surface area contributed by atoms with Gasteiger partial charge in [0.05, 0.1) is 0 Å². The Labute approximate surface area is 55.1 Å². The van der Waals surface area contributed by atoms with Gasteiger partial charge in [0.25, 0.3) is 0 Å². The SMILES string of the molecule is Cc1cn2nnnc2s1. The van der Waals surface area contributed by atoms with Crippen molar-refractivity contribution in [1.82, 2.24) is 20.0 Å². The Balaban J connectivity index is 2.92. The summed E-state index contributed by atoms with van der Waals surface area (Å²) in [6.07, 6.45) is 1.90. The highest BCUT2D eigenvalue weighted by molar-refractivity contribution is 7.16. The number of nitrogens with zero attached hydrogens (tertiary/aromatic N) is 4. The fourth-order valence-corrected chi connectivity index (χ4v) is 1.38. The molecule has 0 aromatic carbocycles. The van der Waals surface area contributed by atoms with Crippen molar-refractivity contribution in [3.63, 3.8) is 0 Å². The molecule has 2 heterocycles. The Morgan fingerprint density at radius 2 is 2.56 bits per heavy atom. The van der Waals surface area contributed by atoms with E-state index in [1.54, 1.807) is 15.9 Å². The summed E-state index contributed by atoms with van der Waals surface area (Å²) in [5, 5.41) is 10.9. The second-order valence-electron chi connectivity index (χ2n) is 1.75. The standard InChI is InChI=1S/C4H4N4S/c1-3-2-8-4(9-3)5-6-7-8/h2H,1H3. The van der Waals surface area contributed by atoms with Gasteiger partial charge in [0.15, 0.2) is 0 Å². The van der Waals surface area contributed by atoms with Crippen LogP contribution in [0.4, 0.5) is 0 Å². The van der Waals surface area contributed by atoms with Crippen LogP contribution in [0.1, 0.15) is 4.88 Å².